The molecule has 0 bridgehead atoms. The Labute approximate surface area is 155 Å². The molecule has 1 aromatic heterocycles. The van der Waals surface area contributed by atoms with Gasteiger partial charge in [-0.25, -0.2) is 9.98 Å². The molecule has 134 valence electrons. The van der Waals surface area contributed by atoms with Crippen LogP contribution in [0.4, 0.5) is 5.82 Å². The highest BCUT2D eigenvalue weighted by molar-refractivity contribution is 6.30. The molecular formula is C17H19ClN8. The second-order valence-corrected chi connectivity index (χ2v) is 6.82. The van der Waals surface area contributed by atoms with Gasteiger partial charge < -0.3 is 10.7 Å². The number of aromatic amines is 1. The van der Waals surface area contributed by atoms with E-state index in [1.807, 2.05) is 55.5 Å². The van der Waals surface area contributed by atoms with E-state index in [1.54, 1.807) is 0 Å². The molecule has 1 aromatic carbocycles. The number of aromatic nitrogens is 2. The summed E-state index contributed by atoms with van der Waals surface area (Å²) >= 11 is 5.97. The van der Waals surface area contributed by atoms with Crippen LogP contribution in [0.2, 0.25) is 5.02 Å². The highest BCUT2D eigenvalue weighted by Crippen LogP contribution is 2.26. The SMILES string of the molecule is Cc1cc(NC2=NC(N)(Cc3ccc(Cl)cc3)N=C3C2=CNN3C)n[nH]1. The number of hydrogen-bond acceptors (Lipinski definition) is 7. The number of fused-ring (bicyclic) bond motifs is 1. The minimum Gasteiger partial charge on any atom is -0.323 e. The van der Waals surface area contributed by atoms with Crippen molar-refractivity contribution in [2.24, 2.45) is 15.7 Å². The third-order valence-corrected chi connectivity index (χ3v) is 4.40. The van der Waals surface area contributed by atoms with Crippen molar-refractivity contribution in [2.45, 2.75) is 19.1 Å². The van der Waals surface area contributed by atoms with Crippen LogP contribution in [-0.4, -0.2) is 39.7 Å². The van der Waals surface area contributed by atoms with Crippen LogP contribution in [0.1, 0.15) is 11.3 Å². The minimum atomic E-state index is -1.13. The predicted octanol–water partition coefficient (Wildman–Crippen LogP) is 1.78. The van der Waals surface area contributed by atoms with Gasteiger partial charge in [0, 0.05) is 36.5 Å². The van der Waals surface area contributed by atoms with Crippen molar-refractivity contribution < 1.29 is 0 Å². The van der Waals surface area contributed by atoms with E-state index in [0.29, 0.717) is 23.1 Å². The Morgan fingerprint density at radius 3 is 2.73 bits per heavy atom. The van der Waals surface area contributed by atoms with Crippen LogP contribution in [0, 0.1) is 6.92 Å². The van der Waals surface area contributed by atoms with E-state index in [4.69, 9.17) is 17.3 Å². The number of nitrogens with one attached hydrogen (secondary N) is 3. The van der Waals surface area contributed by atoms with E-state index in [1.165, 1.54) is 0 Å². The monoisotopic (exact) mass is 370 g/mol. The maximum absolute atomic E-state index is 6.54. The summed E-state index contributed by atoms with van der Waals surface area (Å²) in [6.45, 7) is 1.94. The molecule has 4 rings (SSSR count). The molecule has 0 fully saturated rings. The van der Waals surface area contributed by atoms with Crippen LogP contribution in [0.15, 0.2) is 52.1 Å². The van der Waals surface area contributed by atoms with Crippen molar-refractivity contribution >= 4 is 29.1 Å². The maximum atomic E-state index is 6.54. The van der Waals surface area contributed by atoms with Gasteiger partial charge in [0.15, 0.2) is 11.7 Å². The van der Waals surface area contributed by atoms with Gasteiger partial charge in [-0.1, -0.05) is 23.7 Å². The Morgan fingerprint density at radius 2 is 2.04 bits per heavy atom. The van der Waals surface area contributed by atoms with Crippen molar-refractivity contribution in [2.75, 3.05) is 12.4 Å². The summed E-state index contributed by atoms with van der Waals surface area (Å²) in [5, 5.41) is 12.8. The van der Waals surface area contributed by atoms with Gasteiger partial charge in [0.2, 0.25) is 5.79 Å². The molecule has 26 heavy (non-hydrogen) atoms. The summed E-state index contributed by atoms with van der Waals surface area (Å²) in [4.78, 5) is 9.36. The van der Waals surface area contributed by atoms with Crippen LogP contribution in [-0.2, 0) is 6.42 Å². The first-order valence-electron chi connectivity index (χ1n) is 8.15. The zero-order valence-electron chi connectivity index (χ0n) is 14.4. The average molecular weight is 371 g/mol. The lowest BCUT2D eigenvalue weighted by Gasteiger charge is -2.29. The Morgan fingerprint density at radius 1 is 1.27 bits per heavy atom. The quantitative estimate of drug-likeness (QED) is 0.659. The Bertz CT molecular complexity index is 926. The first kappa shape index (κ1) is 16.6. The van der Waals surface area contributed by atoms with E-state index in [-0.39, 0.29) is 0 Å². The molecule has 2 aliphatic heterocycles. The first-order chi connectivity index (χ1) is 12.4. The highest BCUT2D eigenvalue weighted by atomic mass is 35.5. The summed E-state index contributed by atoms with van der Waals surface area (Å²) in [7, 11) is 1.88. The third kappa shape index (κ3) is 3.16. The lowest BCUT2D eigenvalue weighted by atomic mass is 10.1. The molecule has 1 atom stereocenters. The van der Waals surface area contributed by atoms with Crippen LogP contribution in [0.3, 0.4) is 0 Å². The van der Waals surface area contributed by atoms with Crippen molar-refractivity contribution in [3.63, 3.8) is 0 Å². The second-order valence-electron chi connectivity index (χ2n) is 6.38. The fourth-order valence-electron chi connectivity index (χ4n) is 2.92. The van der Waals surface area contributed by atoms with Gasteiger partial charge in [0.1, 0.15) is 5.84 Å². The van der Waals surface area contributed by atoms with Gasteiger partial charge in [-0.2, -0.15) is 5.10 Å². The molecule has 0 spiro atoms. The number of aliphatic imine (C=N–C) groups is 2. The van der Waals surface area contributed by atoms with E-state index in [9.17, 15) is 0 Å². The number of halogens is 1. The number of aryl methyl sites for hydroxylation is 1. The molecule has 0 amide bonds. The second kappa shape index (κ2) is 6.15. The Hall–Kier alpha value is -2.84. The third-order valence-electron chi connectivity index (χ3n) is 4.15. The maximum Gasteiger partial charge on any atom is 0.210 e. The Balaban J connectivity index is 1.68. The zero-order valence-corrected chi connectivity index (χ0v) is 15.2. The molecule has 3 heterocycles. The molecule has 2 aliphatic rings. The molecule has 8 nitrogen and oxygen atoms in total. The van der Waals surface area contributed by atoms with Crippen molar-refractivity contribution in [1.29, 1.82) is 0 Å². The van der Waals surface area contributed by atoms with Gasteiger partial charge in [-0.3, -0.25) is 15.8 Å². The number of rotatable bonds is 3. The number of anilines is 1. The van der Waals surface area contributed by atoms with Crippen LogP contribution in [0.25, 0.3) is 0 Å². The van der Waals surface area contributed by atoms with Gasteiger partial charge in [0.25, 0.3) is 0 Å². The van der Waals surface area contributed by atoms with E-state index in [0.717, 1.165) is 22.7 Å². The van der Waals surface area contributed by atoms with Gasteiger partial charge in [-0.05, 0) is 24.6 Å². The molecule has 2 aromatic rings. The summed E-state index contributed by atoms with van der Waals surface area (Å²) in [6, 6.07) is 9.43. The minimum absolute atomic E-state index is 0.444. The van der Waals surface area contributed by atoms with E-state index in [2.05, 4.69) is 30.9 Å². The highest BCUT2D eigenvalue weighted by Gasteiger charge is 2.36. The number of nitrogens with two attached hydrogens (primary N) is 1. The van der Waals surface area contributed by atoms with Crippen LogP contribution in [0.5, 0.6) is 0 Å². The van der Waals surface area contributed by atoms with Crippen LogP contribution >= 0.6 is 11.6 Å². The van der Waals surface area contributed by atoms with E-state index >= 15 is 0 Å². The number of hydrazine groups is 1. The fraction of sp³-hybridized carbons (Fsp3) is 0.235. The molecule has 1 unspecified atom stereocenters. The number of likely N-dealkylation sites (N-methyl/N-ethyl adjacent to an activating group) is 1. The lowest BCUT2D eigenvalue weighted by molar-refractivity contribution is 0.417. The molecule has 5 N–H and O–H groups in total. The number of benzene rings is 1. The standard InChI is InChI=1S/C17H19ClN8/c1-10-7-14(25-24-10)21-15-13-9-20-26(2)16(13)23-17(19,22-15)8-11-3-5-12(18)6-4-11/h3-7,9,20H,8,19H2,1-2H3,(H2,21,22,24,25). The lowest BCUT2D eigenvalue weighted by Crippen LogP contribution is -2.47. The molecule has 0 aliphatic carbocycles. The van der Waals surface area contributed by atoms with Crippen molar-refractivity contribution in [1.82, 2.24) is 20.6 Å². The molecule has 0 radical (unpaired) electrons. The number of nitrogens with zero attached hydrogens (tertiary/aromatic N) is 4. The average Bonchev–Trinajstić information content (AvgIpc) is 3.16. The molecular weight excluding hydrogens is 352 g/mol. The number of hydrogen-bond donors (Lipinski definition) is 4. The summed E-state index contributed by atoms with van der Waals surface area (Å²) in [6.07, 6.45) is 2.28. The smallest absolute Gasteiger partial charge is 0.210 e. The predicted molar refractivity (Wildman–Crippen MR) is 103 cm³/mol. The van der Waals surface area contributed by atoms with Gasteiger partial charge in [0.05, 0.1) is 5.57 Å². The van der Waals surface area contributed by atoms with Crippen LogP contribution < -0.4 is 16.5 Å². The molecule has 9 heteroatoms. The number of amidine groups is 2. The first-order valence-corrected chi connectivity index (χ1v) is 8.52. The van der Waals surface area contributed by atoms with Gasteiger partial charge in [-0.15, -0.1) is 0 Å². The molecule has 0 saturated heterocycles. The van der Waals surface area contributed by atoms with Gasteiger partial charge >= 0.3 is 0 Å². The summed E-state index contributed by atoms with van der Waals surface area (Å²) in [5.74, 6) is 0.891. The fourth-order valence-corrected chi connectivity index (χ4v) is 3.05. The summed E-state index contributed by atoms with van der Waals surface area (Å²) in [5.41, 5.74) is 12.4. The topological polar surface area (TPSA) is 107 Å². The molecule has 0 saturated carbocycles. The largest absolute Gasteiger partial charge is 0.323 e. The zero-order chi connectivity index (χ0) is 18.3. The van der Waals surface area contributed by atoms with Crippen molar-refractivity contribution in [3.8, 4) is 0 Å². The normalized spacial score (nSPS) is 21.5. The summed E-state index contributed by atoms with van der Waals surface area (Å²) < 4.78 is 0. The van der Waals surface area contributed by atoms with Crippen molar-refractivity contribution in [3.05, 3.63) is 58.4 Å². The number of H-pyrrole nitrogens is 1. The Kier molecular flexibility index (Phi) is 3.93. The van der Waals surface area contributed by atoms with E-state index < -0.39 is 5.79 Å².